The number of hydrogen-bond donors (Lipinski definition) is 8. The third kappa shape index (κ3) is 21.9. The van der Waals surface area contributed by atoms with E-state index >= 15 is 0 Å². The molecule has 15 nitrogen and oxygen atoms in total. The monoisotopic (exact) mass is 1000 g/mol. The van der Waals surface area contributed by atoms with Crippen molar-refractivity contribution in [3.05, 3.63) is 89.3 Å². The summed E-state index contributed by atoms with van der Waals surface area (Å²) in [6, 6.07) is 19.2. The van der Waals surface area contributed by atoms with Crippen molar-refractivity contribution in [2.24, 2.45) is 10.7 Å². The Morgan fingerprint density at radius 1 is 0.905 bits per heavy atom. The number of rotatable bonds is 8. The van der Waals surface area contributed by atoms with Crippen LogP contribution in [0.5, 0.6) is 11.5 Å². The molecule has 9 N–H and O–H groups in total. The smallest absolute Gasteiger partial charge is 0.870 e. The van der Waals surface area contributed by atoms with Crippen LogP contribution in [-0.4, -0.2) is 102 Å². The van der Waals surface area contributed by atoms with Gasteiger partial charge in [0, 0.05) is 33.1 Å². The van der Waals surface area contributed by atoms with Gasteiger partial charge in [-0.25, -0.2) is 9.79 Å². The number of nitrogens with zero attached hydrogens (tertiary/aromatic N) is 2. The van der Waals surface area contributed by atoms with Crippen molar-refractivity contribution in [2.75, 3.05) is 0 Å². The van der Waals surface area contributed by atoms with Gasteiger partial charge in [0.05, 0.1) is 16.2 Å². The van der Waals surface area contributed by atoms with Crippen LogP contribution < -0.4 is 45.4 Å². The fraction of sp³-hybridized carbons (Fsp3) is 0.415. The largest absolute Gasteiger partial charge is 1.00 e. The number of aliphatic carboxylic acids is 3. The van der Waals surface area contributed by atoms with Gasteiger partial charge in [0.2, 0.25) is 11.1 Å². The molecule has 0 unspecified atom stereocenters. The Morgan fingerprint density at radius 2 is 1.37 bits per heavy atom. The molecule has 0 radical (unpaired) electrons. The van der Waals surface area contributed by atoms with E-state index in [4.69, 9.17) is 37.1 Å². The number of carbonyl (C=O) groups excluding carboxylic acids is 1. The number of phenolic OH excluding ortho intramolecular Hbond substituents is 2. The molecule has 1 aromatic heterocycles. The zero-order valence-electron chi connectivity index (χ0n) is 36.3. The second kappa shape index (κ2) is 29.0. The number of fused-ring (bicyclic) bond motifs is 1. The van der Waals surface area contributed by atoms with Crippen LogP contribution in [0.25, 0.3) is 11.1 Å². The first-order chi connectivity index (χ1) is 27.2. The number of thioether (sulfide) groups is 2. The normalized spacial score (nSPS) is 16.8. The fourth-order valence-corrected chi connectivity index (χ4v) is 7.95. The van der Waals surface area contributed by atoms with Crippen LogP contribution in [0, 0.1) is 0 Å². The van der Waals surface area contributed by atoms with Gasteiger partial charge >= 0.3 is 41.5 Å². The van der Waals surface area contributed by atoms with Crippen molar-refractivity contribution >= 4 is 112 Å². The molecule has 63 heavy (non-hydrogen) atoms. The van der Waals surface area contributed by atoms with Gasteiger partial charge in [0.25, 0.3) is 5.35 Å². The summed E-state index contributed by atoms with van der Waals surface area (Å²) >= 11 is 12.4. The Kier molecular flexibility index (Phi) is 29.8. The van der Waals surface area contributed by atoms with E-state index in [1.54, 1.807) is 52.0 Å². The van der Waals surface area contributed by atoms with E-state index in [1.165, 1.54) is 23.5 Å². The molecule has 22 heteroatoms. The van der Waals surface area contributed by atoms with Crippen LogP contribution in [0.1, 0.15) is 66.5 Å². The van der Waals surface area contributed by atoms with E-state index in [0.29, 0.717) is 12.8 Å². The van der Waals surface area contributed by atoms with Gasteiger partial charge in [-0.15, -0.1) is 36.6 Å². The van der Waals surface area contributed by atoms with Gasteiger partial charge in [0.15, 0.2) is 11.6 Å². The first kappa shape index (κ1) is 64.6. The number of aromatic nitrogens is 1. The van der Waals surface area contributed by atoms with Crippen LogP contribution in [0.2, 0.25) is 5.35 Å². The Labute approximate surface area is 421 Å². The number of nitrogens with two attached hydrogens (primary N) is 1. The maximum absolute atomic E-state index is 11.1. The van der Waals surface area contributed by atoms with Gasteiger partial charge in [-0.05, 0) is 103 Å². The van der Waals surface area contributed by atoms with Crippen molar-refractivity contribution in [3.8, 4) is 11.5 Å². The van der Waals surface area contributed by atoms with Gasteiger partial charge in [-0.1, -0.05) is 48.5 Å². The summed E-state index contributed by atoms with van der Waals surface area (Å²) in [7, 11) is 0. The number of benzene rings is 3. The molecule has 0 bridgehead atoms. The Balaban J connectivity index is -0.000000751. The molecule has 2 aliphatic heterocycles. The summed E-state index contributed by atoms with van der Waals surface area (Å²) in [6.45, 7) is 14.2. The van der Waals surface area contributed by atoms with Gasteiger partial charge in [0.1, 0.15) is 29.0 Å². The SMILES string of the molecule is CC(C)(S)[C@H](N)C(=O)O.CC(C)O.CC1(C)SC(Cc2ccccc2O)=N[C@@H]1C(=O)O.CC1(C)SC(Cc2ccccc2O)=[NH+][C@@H]1C(=O)[O-].Cl.Cl.Clc1nc2ccccc2o1.[Na+].[OH-]. The Morgan fingerprint density at radius 3 is 1.75 bits per heavy atom. The molecular formula is C41H56Cl3N4NaO11S3. The summed E-state index contributed by atoms with van der Waals surface area (Å²) in [4.78, 5) is 43.4. The molecule has 3 aromatic carbocycles. The van der Waals surface area contributed by atoms with Crippen molar-refractivity contribution in [1.82, 2.24) is 4.98 Å². The van der Waals surface area contributed by atoms with E-state index in [0.717, 1.165) is 32.3 Å². The number of carboxylic acid groups (broad SMARTS) is 3. The Bertz CT molecular complexity index is 1990. The van der Waals surface area contributed by atoms with E-state index in [1.807, 2.05) is 76.2 Å². The minimum Gasteiger partial charge on any atom is -0.870 e. The van der Waals surface area contributed by atoms with Crippen LogP contribution in [0.3, 0.4) is 0 Å². The Hall–Kier alpha value is -2.72. The molecule has 3 atom stereocenters. The number of para-hydroxylation sites is 4. The molecule has 4 aromatic rings. The van der Waals surface area contributed by atoms with Crippen molar-refractivity contribution < 1.29 is 89.5 Å². The number of carboxylic acids is 3. The third-order valence-corrected chi connectivity index (χ3v) is 11.1. The molecule has 0 saturated carbocycles. The van der Waals surface area contributed by atoms with E-state index < -0.39 is 50.3 Å². The molecule has 0 amide bonds. The standard InChI is InChI=1S/2C13H15NO3S.C7H4ClNO.C5H11NO2S.C3H8O.2ClH.Na.H2O/c2*1-13(2)11(12(16)17)14-10(18-13)7-8-5-3-4-6-9(8)15;8-7-9-5-3-1-2-4-6(5)10-7;1-5(2,9)3(6)4(7)8;1-3(2)4;;;;/h2*3-6,11,15H,7H2,1-2H3,(H,16,17);1-4H;3,9H,6H2,1-2H3,(H,7,8);3-4H,1-2H3;2*1H;;1H2/q;;;;;;;+1;/p-1/t2*11-;;3-;;;;;/m11.1...../s1. The predicted octanol–water partition coefficient (Wildman–Crippen LogP) is 2.02. The number of phenols is 2. The molecule has 3 heterocycles. The molecule has 2 aliphatic rings. The molecule has 0 spiro atoms. The number of aromatic hydroxyl groups is 2. The molecule has 346 valence electrons. The fourth-order valence-electron chi connectivity index (χ4n) is 5.09. The predicted molar refractivity (Wildman–Crippen MR) is 252 cm³/mol. The summed E-state index contributed by atoms with van der Waals surface area (Å²) in [5, 5.41) is 57.7. The number of hydrogen-bond acceptors (Lipinski definition) is 15. The van der Waals surface area contributed by atoms with E-state index in [9.17, 15) is 29.7 Å². The number of oxazole rings is 1. The summed E-state index contributed by atoms with van der Waals surface area (Å²) < 4.78 is 3.49. The van der Waals surface area contributed by atoms with Gasteiger partial charge < -0.3 is 51.1 Å². The number of aliphatic imine (C=N–C) groups is 1. The minimum atomic E-state index is -1.10. The van der Waals surface area contributed by atoms with Crippen LogP contribution in [0.15, 0.2) is 82.2 Å². The zero-order valence-corrected chi connectivity index (χ0v) is 43.2. The average molecular weight is 1010 g/mol. The van der Waals surface area contributed by atoms with Crippen molar-refractivity contribution in [1.29, 1.82) is 0 Å². The van der Waals surface area contributed by atoms with Crippen LogP contribution in [0.4, 0.5) is 0 Å². The maximum atomic E-state index is 11.1. The first-order valence-electron chi connectivity index (χ1n) is 18.2. The van der Waals surface area contributed by atoms with Gasteiger partial charge in [-0.3, -0.25) is 9.79 Å². The van der Waals surface area contributed by atoms with E-state index in [2.05, 4.69) is 27.6 Å². The quantitative estimate of drug-likeness (QED) is 0.0926. The van der Waals surface area contributed by atoms with Crippen LogP contribution in [-0.2, 0) is 27.2 Å². The number of carbonyl (C=O) groups is 3. The number of thiol groups is 1. The summed E-state index contributed by atoms with van der Waals surface area (Å²) in [5.74, 6) is -2.57. The molecule has 6 rings (SSSR count). The van der Waals surface area contributed by atoms with Crippen molar-refractivity contribution in [3.63, 3.8) is 0 Å². The zero-order chi connectivity index (χ0) is 44.9. The average Bonchev–Trinajstić information content (AvgIpc) is 3.76. The number of aliphatic hydroxyl groups is 1. The maximum Gasteiger partial charge on any atom is 1.00 e. The second-order valence-corrected chi connectivity index (χ2v) is 20.1. The third-order valence-electron chi connectivity index (χ3n) is 8.14. The van der Waals surface area contributed by atoms with Crippen molar-refractivity contribution in [2.45, 2.75) is 107 Å². The number of halogens is 3. The molecule has 0 aliphatic carbocycles. The summed E-state index contributed by atoms with van der Waals surface area (Å²) in [6.07, 6.45) is 0.815. The number of nitrogens with one attached hydrogen (secondary N) is 1. The summed E-state index contributed by atoms with van der Waals surface area (Å²) in [5.41, 5.74) is 8.29. The molecule has 0 saturated heterocycles. The number of aliphatic hydroxyl groups excluding tert-OH is 1. The second-order valence-electron chi connectivity index (χ2n) is 15.1. The van der Waals surface area contributed by atoms with Gasteiger partial charge in [-0.2, -0.15) is 17.6 Å². The first-order valence-corrected chi connectivity index (χ1v) is 20.6. The van der Waals surface area contributed by atoms with E-state index in [-0.39, 0.29) is 82.8 Å². The van der Waals surface area contributed by atoms with Crippen LogP contribution >= 0.6 is 72.6 Å². The topological polar surface area (TPSA) is 284 Å². The molecular weight excluding hydrogens is 950 g/mol. The molecule has 0 fully saturated rings. The minimum absolute atomic E-state index is 0.